The second-order valence-corrected chi connectivity index (χ2v) is 11.7. The van der Waals surface area contributed by atoms with Crippen LogP contribution in [-0.2, 0) is 6.61 Å². The van der Waals surface area contributed by atoms with Crippen LogP contribution in [0.2, 0.25) is 24.7 Å². The van der Waals surface area contributed by atoms with Crippen molar-refractivity contribution < 1.29 is 4.74 Å². The summed E-state index contributed by atoms with van der Waals surface area (Å²) in [6, 6.07) is 14.6. The van der Waals surface area contributed by atoms with Crippen LogP contribution in [0.25, 0.3) is 0 Å². The summed E-state index contributed by atoms with van der Waals surface area (Å²) in [5.74, 6) is 0.751. The zero-order chi connectivity index (χ0) is 14.8. The quantitative estimate of drug-likeness (QED) is 0.739. The summed E-state index contributed by atoms with van der Waals surface area (Å²) in [7, 11) is -1.22. The molecule has 0 unspecified atom stereocenters. The molecule has 0 atom stereocenters. The third-order valence-corrected chi connectivity index (χ3v) is 5.68. The van der Waals surface area contributed by atoms with Crippen molar-refractivity contribution in [2.24, 2.45) is 0 Å². The Labute approximate surface area is 127 Å². The largest absolute Gasteiger partial charge is 0.487 e. The molecule has 20 heavy (non-hydrogen) atoms. The van der Waals surface area contributed by atoms with Gasteiger partial charge in [-0.3, -0.25) is 0 Å². The first-order valence-corrected chi connectivity index (χ1v) is 10.7. The van der Waals surface area contributed by atoms with E-state index in [1.165, 1.54) is 10.8 Å². The van der Waals surface area contributed by atoms with Crippen molar-refractivity contribution in [1.29, 1.82) is 0 Å². The van der Waals surface area contributed by atoms with Crippen LogP contribution in [0.1, 0.15) is 11.1 Å². The van der Waals surface area contributed by atoms with E-state index >= 15 is 0 Å². The molecule has 106 valence electrons. The molecule has 0 amide bonds. The molecule has 0 spiro atoms. The maximum Gasteiger partial charge on any atom is 0.138 e. The van der Waals surface area contributed by atoms with Crippen molar-refractivity contribution in [3.05, 3.63) is 58.6 Å². The highest BCUT2D eigenvalue weighted by atomic mass is 35.5. The van der Waals surface area contributed by atoms with E-state index in [-0.39, 0.29) is 0 Å². The van der Waals surface area contributed by atoms with Gasteiger partial charge >= 0.3 is 0 Å². The molecule has 0 aliphatic heterocycles. The Kier molecular flexibility index (Phi) is 4.56. The van der Waals surface area contributed by atoms with E-state index in [1.54, 1.807) is 0 Å². The van der Waals surface area contributed by atoms with Gasteiger partial charge in [-0.25, -0.2) is 0 Å². The number of benzene rings is 2. The molecule has 0 aliphatic carbocycles. The summed E-state index contributed by atoms with van der Waals surface area (Å²) in [4.78, 5) is 0. The first-order chi connectivity index (χ1) is 9.36. The molecule has 0 aliphatic rings. The molecule has 0 bridgehead atoms. The van der Waals surface area contributed by atoms with Crippen LogP contribution in [0, 0.1) is 6.92 Å². The fourth-order valence-corrected chi connectivity index (χ4v) is 3.32. The van der Waals surface area contributed by atoms with E-state index in [0.717, 1.165) is 11.3 Å². The summed E-state index contributed by atoms with van der Waals surface area (Å²) in [6.45, 7) is 9.64. The van der Waals surface area contributed by atoms with E-state index in [4.69, 9.17) is 16.3 Å². The highest BCUT2D eigenvalue weighted by Gasteiger charge is 2.15. The predicted octanol–water partition coefficient (Wildman–Crippen LogP) is 4.77. The lowest BCUT2D eigenvalue weighted by atomic mass is 10.2. The van der Waals surface area contributed by atoms with Gasteiger partial charge in [-0.15, -0.1) is 0 Å². The molecule has 0 fully saturated rings. The number of rotatable bonds is 4. The van der Waals surface area contributed by atoms with Crippen molar-refractivity contribution in [2.75, 3.05) is 0 Å². The van der Waals surface area contributed by atoms with Gasteiger partial charge in [0.2, 0.25) is 0 Å². The van der Waals surface area contributed by atoms with Crippen molar-refractivity contribution in [1.82, 2.24) is 0 Å². The molecule has 0 aromatic heterocycles. The van der Waals surface area contributed by atoms with Crippen LogP contribution in [-0.4, -0.2) is 8.07 Å². The summed E-state index contributed by atoms with van der Waals surface area (Å²) in [5.41, 5.74) is 2.32. The Bertz CT molecular complexity index is 585. The molecular weight excluding hydrogens is 284 g/mol. The number of hydrogen-bond donors (Lipinski definition) is 0. The van der Waals surface area contributed by atoms with Gasteiger partial charge in [0, 0.05) is 0 Å². The minimum Gasteiger partial charge on any atom is -0.487 e. The molecule has 0 radical (unpaired) electrons. The molecule has 1 nitrogen and oxygen atoms in total. The Balaban J connectivity index is 2.06. The smallest absolute Gasteiger partial charge is 0.138 e. The topological polar surface area (TPSA) is 9.23 Å². The van der Waals surface area contributed by atoms with Crippen LogP contribution in [0.4, 0.5) is 0 Å². The fraction of sp³-hybridized carbons (Fsp3) is 0.294. The van der Waals surface area contributed by atoms with Gasteiger partial charge in [-0.2, -0.15) is 0 Å². The number of hydrogen-bond acceptors (Lipinski definition) is 1. The molecule has 0 N–H and O–H groups in total. The van der Waals surface area contributed by atoms with Gasteiger partial charge in [0.15, 0.2) is 0 Å². The Morgan fingerprint density at radius 3 is 2.25 bits per heavy atom. The Morgan fingerprint density at radius 1 is 1.00 bits per heavy atom. The van der Waals surface area contributed by atoms with E-state index in [1.807, 2.05) is 25.1 Å². The normalized spacial score (nSPS) is 11.4. The fourth-order valence-electron chi connectivity index (χ4n) is 1.98. The van der Waals surface area contributed by atoms with Crippen LogP contribution in [0.5, 0.6) is 5.75 Å². The molecule has 0 saturated heterocycles. The van der Waals surface area contributed by atoms with E-state index in [2.05, 4.69) is 43.9 Å². The van der Waals surface area contributed by atoms with Gasteiger partial charge in [0.25, 0.3) is 0 Å². The van der Waals surface area contributed by atoms with Gasteiger partial charge in [-0.1, -0.05) is 66.8 Å². The first kappa shape index (κ1) is 15.1. The van der Waals surface area contributed by atoms with Gasteiger partial charge < -0.3 is 4.74 Å². The lowest BCUT2D eigenvalue weighted by molar-refractivity contribution is 0.306. The minimum absolute atomic E-state index is 0.551. The highest BCUT2D eigenvalue weighted by molar-refractivity contribution is 6.88. The maximum absolute atomic E-state index is 6.13. The summed E-state index contributed by atoms with van der Waals surface area (Å²) < 4.78 is 5.81. The number of halogens is 1. The standard InChI is InChI=1S/C17H21ClOSi/c1-13-5-10-16(18)17(11-13)19-12-14-6-8-15(9-7-14)20(2,3)4/h5-11H,12H2,1-4H3. The number of ether oxygens (including phenoxy) is 1. The molecule has 2 aromatic carbocycles. The average Bonchev–Trinajstić information content (AvgIpc) is 2.39. The lowest BCUT2D eigenvalue weighted by Crippen LogP contribution is -2.37. The van der Waals surface area contributed by atoms with Gasteiger partial charge in [-0.05, 0) is 30.2 Å². The van der Waals surface area contributed by atoms with Crippen molar-refractivity contribution in [3.8, 4) is 5.75 Å². The summed E-state index contributed by atoms with van der Waals surface area (Å²) >= 11 is 6.13. The Morgan fingerprint density at radius 2 is 1.65 bits per heavy atom. The predicted molar refractivity (Wildman–Crippen MR) is 89.9 cm³/mol. The third-order valence-electron chi connectivity index (χ3n) is 3.30. The molecular formula is C17H21ClOSi. The zero-order valence-corrected chi connectivity index (χ0v) is 14.3. The van der Waals surface area contributed by atoms with E-state index < -0.39 is 8.07 Å². The van der Waals surface area contributed by atoms with E-state index in [0.29, 0.717) is 11.6 Å². The average molecular weight is 305 g/mol. The lowest BCUT2D eigenvalue weighted by Gasteiger charge is -2.17. The summed E-state index contributed by atoms with van der Waals surface area (Å²) in [6.07, 6.45) is 0. The maximum atomic E-state index is 6.13. The number of aryl methyl sites for hydroxylation is 1. The van der Waals surface area contributed by atoms with Crippen LogP contribution in [0.3, 0.4) is 0 Å². The first-order valence-electron chi connectivity index (χ1n) is 6.84. The van der Waals surface area contributed by atoms with Crippen LogP contribution >= 0.6 is 11.6 Å². The van der Waals surface area contributed by atoms with Crippen molar-refractivity contribution in [3.63, 3.8) is 0 Å². The third kappa shape index (κ3) is 3.87. The van der Waals surface area contributed by atoms with Crippen molar-refractivity contribution >= 4 is 24.9 Å². The second kappa shape index (κ2) is 6.02. The summed E-state index contributed by atoms with van der Waals surface area (Å²) in [5, 5.41) is 2.13. The van der Waals surface area contributed by atoms with Gasteiger partial charge in [0.1, 0.15) is 12.4 Å². The molecule has 0 saturated carbocycles. The van der Waals surface area contributed by atoms with Crippen molar-refractivity contribution in [2.45, 2.75) is 33.2 Å². The molecule has 2 aromatic rings. The van der Waals surface area contributed by atoms with Crippen LogP contribution in [0.15, 0.2) is 42.5 Å². The van der Waals surface area contributed by atoms with Gasteiger partial charge in [0.05, 0.1) is 13.1 Å². The highest BCUT2D eigenvalue weighted by Crippen LogP contribution is 2.26. The molecule has 3 heteroatoms. The zero-order valence-electron chi connectivity index (χ0n) is 12.5. The molecule has 2 rings (SSSR count). The molecule has 0 heterocycles. The SMILES string of the molecule is Cc1ccc(Cl)c(OCc2ccc([Si](C)(C)C)cc2)c1. The van der Waals surface area contributed by atoms with E-state index in [9.17, 15) is 0 Å². The minimum atomic E-state index is -1.22. The van der Waals surface area contributed by atoms with Crippen LogP contribution < -0.4 is 9.92 Å². The monoisotopic (exact) mass is 304 g/mol. The second-order valence-electron chi connectivity index (χ2n) is 6.17. The Hall–Kier alpha value is -1.25.